The normalized spacial score (nSPS) is 10.4. The molecule has 3 aromatic rings. The van der Waals surface area contributed by atoms with Crippen molar-refractivity contribution in [3.63, 3.8) is 0 Å². The highest BCUT2D eigenvalue weighted by Gasteiger charge is 2.19. The van der Waals surface area contributed by atoms with Gasteiger partial charge in [-0.25, -0.2) is 14.8 Å². The van der Waals surface area contributed by atoms with Gasteiger partial charge in [-0.05, 0) is 48.5 Å². The Balaban J connectivity index is 1.99. The molecular formula is C16H12N4O2S2. The minimum atomic E-state index is -0.376. The Bertz CT molecular complexity index is 945. The number of esters is 1. The molecule has 0 bridgehead atoms. The van der Waals surface area contributed by atoms with Crippen molar-refractivity contribution in [1.82, 2.24) is 9.97 Å². The van der Waals surface area contributed by atoms with Gasteiger partial charge in [-0.2, -0.15) is 5.26 Å². The average Bonchev–Trinajstić information content (AvgIpc) is 2.94. The van der Waals surface area contributed by atoms with Crippen molar-refractivity contribution in [3.05, 3.63) is 41.0 Å². The summed E-state index contributed by atoms with van der Waals surface area (Å²) in [5.41, 5.74) is 1.63. The number of carbonyl (C=O) groups is 1. The third-order valence-corrected chi connectivity index (χ3v) is 5.16. The van der Waals surface area contributed by atoms with E-state index in [9.17, 15) is 4.79 Å². The van der Waals surface area contributed by atoms with Crippen LogP contribution >= 0.6 is 23.1 Å². The van der Waals surface area contributed by atoms with Crippen molar-refractivity contribution in [1.29, 1.82) is 5.26 Å². The number of thioether (sulfide) groups is 1. The summed E-state index contributed by atoms with van der Waals surface area (Å²) in [6, 6.07) is 7.46. The molecule has 8 heteroatoms. The SMILES string of the molecule is COC(=O)c1sc2ncnc(Nc3ccc(SC#N)cc3)c2c1C. The zero-order valence-corrected chi connectivity index (χ0v) is 14.5. The molecule has 3 rings (SSSR count). The highest BCUT2D eigenvalue weighted by Crippen LogP contribution is 2.34. The van der Waals surface area contributed by atoms with Crippen molar-refractivity contribution >= 4 is 50.8 Å². The third-order valence-electron chi connectivity index (χ3n) is 3.38. The molecule has 0 atom stereocenters. The molecule has 0 radical (unpaired) electrons. The number of thiocyanates is 1. The van der Waals surface area contributed by atoms with E-state index >= 15 is 0 Å². The maximum absolute atomic E-state index is 11.9. The lowest BCUT2D eigenvalue weighted by atomic mass is 10.2. The number of methoxy groups -OCH3 is 1. The molecule has 0 unspecified atom stereocenters. The van der Waals surface area contributed by atoms with E-state index in [0.717, 1.165) is 38.1 Å². The number of ether oxygens (including phenoxy) is 1. The number of thiophene rings is 1. The van der Waals surface area contributed by atoms with Gasteiger partial charge in [0.2, 0.25) is 0 Å². The Morgan fingerprint density at radius 3 is 2.75 bits per heavy atom. The Morgan fingerprint density at radius 1 is 1.33 bits per heavy atom. The molecule has 0 aliphatic rings. The lowest BCUT2D eigenvalue weighted by Crippen LogP contribution is -2.00. The smallest absolute Gasteiger partial charge is 0.348 e. The van der Waals surface area contributed by atoms with Gasteiger partial charge in [-0.1, -0.05) is 0 Å². The molecule has 120 valence electrons. The molecule has 0 saturated carbocycles. The number of benzene rings is 1. The summed E-state index contributed by atoms with van der Waals surface area (Å²) >= 11 is 2.39. The Morgan fingerprint density at radius 2 is 2.08 bits per heavy atom. The second kappa shape index (κ2) is 6.86. The number of nitrogens with zero attached hydrogens (tertiary/aromatic N) is 3. The molecule has 1 N–H and O–H groups in total. The number of nitrogens with one attached hydrogen (secondary N) is 1. The van der Waals surface area contributed by atoms with Gasteiger partial charge in [-0.15, -0.1) is 11.3 Å². The largest absolute Gasteiger partial charge is 0.465 e. The quantitative estimate of drug-likeness (QED) is 0.427. The standard InChI is InChI=1S/C16H12N4O2S2/c1-9-12-14(20-10-3-5-11(6-4-10)23-7-17)18-8-19-15(12)24-13(9)16(21)22-2/h3-6,8H,1-2H3,(H,18,19,20). The van der Waals surface area contributed by atoms with E-state index in [1.165, 1.54) is 24.8 Å². The molecular weight excluding hydrogens is 344 g/mol. The summed E-state index contributed by atoms with van der Waals surface area (Å²) in [4.78, 5) is 22.5. The zero-order valence-electron chi connectivity index (χ0n) is 12.9. The third kappa shape index (κ3) is 3.04. The monoisotopic (exact) mass is 356 g/mol. The summed E-state index contributed by atoms with van der Waals surface area (Å²) in [7, 11) is 1.36. The van der Waals surface area contributed by atoms with Gasteiger partial charge in [0.25, 0.3) is 0 Å². The molecule has 0 saturated heterocycles. The fourth-order valence-corrected chi connectivity index (χ4v) is 3.69. The van der Waals surface area contributed by atoms with Gasteiger partial charge in [0.1, 0.15) is 27.3 Å². The first-order valence-electron chi connectivity index (χ1n) is 6.89. The maximum atomic E-state index is 11.9. The van der Waals surface area contributed by atoms with Crippen LogP contribution in [0.2, 0.25) is 0 Å². The van der Waals surface area contributed by atoms with E-state index in [0.29, 0.717) is 10.7 Å². The van der Waals surface area contributed by atoms with Crippen LogP contribution in [0.1, 0.15) is 15.2 Å². The lowest BCUT2D eigenvalue weighted by molar-refractivity contribution is 0.0605. The molecule has 0 aliphatic heterocycles. The summed E-state index contributed by atoms with van der Waals surface area (Å²) in [6.45, 7) is 1.85. The van der Waals surface area contributed by atoms with Gasteiger partial charge < -0.3 is 10.1 Å². The summed E-state index contributed by atoms with van der Waals surface area (Å²) in [5.74, 6) is 0.254. The molecule has 0 fully saturated rings. The summed E-state index contributed by atoms with van der Waals surface area (Å²) in [6.07, 6.45) is 1.46. The summed E-state index contributed by atoms with van der Waals surface area (Å²) < 4.78 is 4.82. The van der Waals surface area contributed by atoms with Crippen LogP contribution in [0.4, 0.5) is 11.5 Å². The molecule has 0 aliphatic carbocycles. The molecule has 24 heavy (non-hydrogen) atoms. The van der Waals surface area contributed by atoms with Crippen LogP contribution in [0.25, 0.3) is 10.2 Å². The van der Waals surface area contributed by atoms with Crippen molar-refractivity contribution < 1.29 is 9.53 Å². The van der Waals surface area contributed by atoms with Crippen LogP contribution in [-0.2, 0) is 4.74 Å². The molecule has 0 amide bonds. The van der Waals surface area contributed by atoms with Crippen LogP contribution in [0.15, 0.2) is 35.5 Å². The van der Waals surface area contributed by atoms with Crippen LogP contribution in [0.3, 0.4) is 0 Å². The Kier molecular flexibility index (Phi) is 4.64. The highest BCUT2D eigenvalue weighted by atomic mass is 32.2. The van der Waals surface area contributed by atoms with Crippen molar-refractivity contribution in [2.24, 2.45) is 0 Å². The van der Waals surface area contributed by atoms with E-state index in [2.05, 4.69) is 15.3 Å². The number of hydrogen-bond acceptors (Lipinski definition) is 8. The number of rotatable bonds is 4. The van der Waals surface area contributed by atoms with E-state index in [1.54, 1.807) is 0 Å². The van der Waals surface area contributed by atoms with E-state index < -0.39 is 0 Å². The van der Waals surface area contributed by atoms with Gasteiger partial charge in [0.05, 0.1) is 12.5 Å². The van der Waals surface area contributed by atoms with E-state index in [-0.39, 0.29) is 5.97 Å². The first-order valence-corrected chi connectivity index (χ1v) is 8.52. The van der Waals surface area contributed by atoms with E-state index in [1.807, 2.05) is 36.6 Å². The highest BCUT2D eigenvalue weighted by molar-refractivity contribution is 8.03. The second-order valence-electron chi connectivity index (χ2n) is 4.79. The first kappa shape index (κ1) is 16.2. The number of fused-ring (bicyclic) bond motifs is 1. The number of aromatic nitrogens is 2. The molecule has 1 aromatic carbocycles. The topological polar surface area (TPSA) is 87.9 Å². The van der Waals surface area contributed by atoms with Gasteiger partial charge in [-0.3, -0.25) is 0 Å². The van der Waals surface area contributed by atoms with E-state index in [4.69, 9.17) is 10.00 Å². The Labute approximate surface area is 146 Å². The summed E-state index contributed by atoms with van der Waals surface area (Å²) in [5, 5.41) is 14.8. The van der Waals surface area contributed by atoms with Crippen LogP contribution in [0, 0.1) is 17.6 Å². The zero-order chi connectivity index (χ0) is 17.1. The van der Waals surface area contributed by atoms with Crippen LogP contribution in [0.5, 0.6) is 0 Å². The molecule has 0 spiro atoms. The number of anilines is 2. The number of nitriles is 1. The van der Waals surface area contributed by atoms with Gasteiger partial charge in [0.15, 0.2) is 0 Å². The number of aryl methyl sites for hydroxylation is 1. The number of carbonyl (C=O) groups excluding carboxylic acids is 1. The minimum absolute atomic E-state index is 0.376. The predicted molar refractivity (Wildman–Crippen MR) is 94.7 cm³/mol. The molecule has 2 aromatic heterocycles. The minimum Gasteiger partial charge on any atom is -0.465 e. The predicted octanol–water partition coefficient (Wildman–Crippen LogP) is 4.10. The lowest BCUT2D eigenvalue weighted by Gasteiger charge is -2.07. The van der Waals surface area contributed by atoms with Gasteiger partial charge >= 0.3 is 5.97 Å². The average molecular weight is 356 g/mol. The van der Waals surface area contributed by atoms with Gasteiger partial charge in [0, 0.05) is 10.6 Å². The van der Waals surface area contributed by atoms with Crippen LogP contribution < -0.4 is 5.32 Å². The van der Waals surface area contributed by atoms with Crippen molar-refractivity contribution in [3.8, 4) is 5.40 Å². The van der Waals surface area contributed by atoms with Crippen molar-refractivity contribution in [2.75, 3.05) is 12.4 Å². The van der Waals surface area contributed by atoms with Crippen LogP contribution in [-0.4, -0.2) is 23.0 Å². The fraction of sp³-hybridized carbons (Fsp3) is 0.125. The first-order chi connectivity index (χ1) is 11.6. The van der Waals surface area contributed by atoms with Crippen molar-refractivity contribution in [2.45, 2.75) is 11.8 Å². The fourth-order valence-electron chi connectivity index (χ4n) is 2.25. The Hall–Kier alpha value is -2.63. The second-order valence-corrected chi connectivity index (χ2v) is 6.65. The maximum Gasteiger partial charge on any atom is 0.348 e. The molecule has 2 heterocycles. The molecule has 6 nitrogen and oxygen atoms in total. The number of hydrogen-bond donors (Lipinski definition) is 1.